The Morgan fingerprint density at radius 3 is 1.48 bits per heavy atom. The van der Waals surface area contributed by atoms with Crippen LogP contribution in [0.5, 0.6) is 0 Å². The van der Waals surface area contributed by atoms with Gasteiger partial charge in [-0.3, -0.25) is 4.79 Å². The Morgan fingerprint density at radius 1 is 0.760 bits per heavy atom. The molecule has 0 saturated carbocycles. The van der Waals surface area contributed by atoms with Crippen molar-refractivity contribution in [2.45, 2.75) is 11.1 Å². The van der Waals surface area contributed by atoms with Crippen LogP contribution in [0.25, 0.3) is 0 Å². The van der Waals surface area contributed by atoms with E-state index >= 15 is 0 Å². The van der Waals surface area contributed by atoms with Crippen LogP contribution < -0.4 is 0 Å². The van der Waals surface area contributed by atoms with Gasteiger partial charge in [-0.25, -0.2) is 0 Å². The van der Waals surface area contributed by atoms with Crippen LogP contribution in [-0.4, -0.2) is 11.1 Å². The van der Waals surface area contributed by atoms with Gasteiger partial charge in [0.15, 0.2) is 0 Å². The predicted octanol–water partition coefficient (Wildman–Crippen LogP) is 5.25. The summed E-state index contributed by atoms with van der Waals surface area (Å²) < 4.78 is 0. The van der Waals surface area contributed by atoms with Gasteiger partial charge in [-0.15, -0.1) is 26.2 Å². The standard InChI is InChI=1S/C21H19O2P.BrH/c22-20(23)21(24,18-14-8-3-9-15-18)19(16-10-4-1-5-11-16)17-12-6-2-7-13-17;/h1-15,19H,24H2,(H,22,23);1H. The van der Waals surface area contributed by atoms with Crippen molar-refractivity contribution in [1.29, 1.82) is 0 Å². The molecule has 0 heterocycles. The summed E-state index contributed by atoms with van der Waals surface area (Å²) in [6, 6.07) is 29.0. The van der Waals surface area contributed by atoms with Gasteiger partial charge in [-0.1, -0.05) is 91.0 Å². The summed E-state index contributed by atoms with van der Waals surface area (Å²) in [5.74, 6) is -1.18. The second-order valence-corrected chi connectivity index (χ2v) is 6.71. The zero-order valence-corrected chi connectivity index (χ0v) is 16.4. The van der Waals surface area contributed by atoms with Crippen LogP contribution in [0.3, 0.4) is 0 Å². The number of benzene rings is 3. The van der Waals surface area contributed by atoms with Gasteiger partial charge >= 0.3 is 5.97 Å². The van der Waals surface area contributed by atoms with E-state index < -0.39 is 11.1 Å². The number of hydrogen-bond donors (Lipinski definition) is 1. The van der Waals surface area contributed by atoms with E-state index in [0.29, 0.717) is 0 Å². The first-order chi connectivity index (χ1) is 11.6. The third-order valence-electron chi connectivity index (χ3n) is 4.33. The van der Waals surface area contributed by atoms with Crippen molar-refractivity contribution < 1.29 is 9.90 Å². The largest absolute Gasteiger partial charge is 0.480 e. The maximum Gasteiger partial charge on any atom is 0.318 e. The van der Waals surface area contributed by atoms with E-state index in [-0.39, 0.29) is 22.9 Å². The van der Waals surface area contributed by atoms with Crippen molar-refractivity contribution in [2.24, 2.45) is 0 Å². The molecule has 2 nitrogen and oxygen atoms in total. The van der Waals surface area contributed by atoms with E-state index in [0.717, 1.165) is 16.7 Å². The first-order valence-electron chi connectivity index (χ1n) is 7.81. The molecular weight excluding hydrogens is 395 g/mol. The highest BCUT2D eigenvalue weighted by atomic mass is 79.9. The van der Waals surface area contributed by atoms with E-state index in [2.05, 4.69) is 9.24 Å². The van der Waals surface area contributed by atoms with Gasteiger partial charge < -0.3 is 5.11 Å². The fourth-order valence-electron chi connectivity index (χ4n) is 3.14. The summed E-state index contributed by atoms with van der Waals surface area (Å²) in [6.45, 7) is 0. The van der Waals surface area contributed by atoms with Crippen LogP contribution >= 0.6 is 26.2 Å². The topological polar surface area (TPSA) is 37.3 Å². The second-order valence-electron chi connectivity index (χ2n) is 5.79. The van der Waals surface area contributed by atoms with Gasteiger partial charge in [0.2, 0.25) is 0 Å². The highest BCUT2D eigenvalue weighted by Gasteiger charge is 2.44. The summed E-state index contributed by atoms with van der Waals surface area (Å²) >= 11 is 0. The number of carbonyl (C=O) groups is 1. The van der Waals surface area contributed by atoms with Gasteiger partial charge in [0.1, 0.15) is 5.16 Å². The number of carboxylic acid groups (broad SMARTS) is 1. The highest BCUT2D eigenvalue weighted by molar-refractivity contribution is 8.93. The van der Waals surface area contributed by atoms with Gasteiger partial charge in [-0.05, 0) is 16.7 Å². The first kappa shape index (κ1) is 19.4. The monoisotopic (exact) mass is 414 g/mol. The van der Waals surface area contributed by atoms with Gasteiger partial charge in [0.25, 0.3) is 0 Å². The van der Waals surface area contributed by atoms with Gasteiger partial charge in [0.05, 0.1) is 0 Å². The molecule has 0 amide bonds. The molecule has 0 saturated heterocycles. The molecule has 0 radical (unpaired) electrons. The van der Waals surface area contributed by atoms with Crippen LogP contribution in [-0.2, 0) is 9.95 Å². The molecule has 3 aromatic carbocycles. The van der Waals surface area contributed by atoms with Gasteiger partial charge in [-0.2, -0.15) is 0 Å². The minimum absolute atomic E-state index is 0. The molecule has 128 valence electrons. The third-order valence-corrected chi connectivity index (χ3v) is 5.24. The van der Waals surface area contributed by atoms with Crippen molar-refractivity contribution in [3.05, 3.63) is 108 Å². The highest BCUT2D eigenvalue weighted by Crippen LogP contribution is 2.48. The van der Waals surface area contributed by atoms with Crippen molar-refractivity contribution in [3.8, 4) is 0 Å². The van der Waals surface area contributed by atoms with Gasteiger partial charge in [0, 0.05) is 5.92 Å². The maximum absolute atomic E-state index is 12.4. The molecule has 3 aromatic rings. The van der Waals surface area contributed by atoms with Crippen LogP contribution in [0.2, 0.25) is 0 Å². The lowest BCUT2D eigenvalue weighted by molar-refractivity contribution is -0.140. The van der Waals surface area contributed by atoms with Crippen molar-refractivity contribution in [1.82, 2.24) is 0 Å². The van der Waals surface area contributed by atoms with Crippen molar-refractivity contribution in [2.75, 3.05) is 0 Å². The smallest absolute Gasteiger partial charge is 0.318 e. The number of halogens is 1. The Bertz CT molecular complexity index is 770. The molecule has 1 N–H and O–H groups in total. The molecule has 0 fully saturated rings. The van der Waals surface area contributed by atoms with E-state index in [1.807, 2.05) is 91.0 Å². The Kier molecular flexibility index (Phi) is 6.52. The zero-order chi connectivity index (χ0) is 17.0. The fraction of sp³-hybridized carbons (Fsp3) is 0.0952. The summed E-state index contributed by atoms with van der Waals surface area (Å²) in [5, 5.41) is 9.01. The van der Waals surface area contributed by atoms with Crippen LogP contribution in [0.15, 0.2) is 91.0 Å². The van der Waals surface area contributed by atoms with E-state index in [9.17, 15) is 9.90 Å². The summed E-state index contributed by atoms with van der Waals surface area (Å²) in [4.78, 5) is 12.4. The van der Waals surface area contributed by atoms with E-state index in [4.69, 9.17) is 0 Å². The predicted molar refractivity (Wildman–Crippen MR) is 111 cm³/mol. The molecule has 0 spiro atoms. The number of carboxylic acids is 1. The van der Waals surface area contributed by atoms with E-state index in [1.165, 1.54) is 0 Å². The average Bonchev–Trinajstić information content (AvgIpc) is 2.64. The van der Waals surface area contributed by atoms with Crippen molar-refractivity contribution in [3.63, 3.8) is 0 Å². The molecule has 0 aliphatic rings. The second kappa shape index (κ2) is 8.42. The SMILES string of the molecule is Br.O=C(O)C(P)(c1ccccc1)C(c1ccccc1)c1ccccc1. The molecule has 25 heavy (non-hydrogen) atoms. The normalized spacial score (nSPS) is 12.9. The number of aliphatic carboxylic acids is 1. The summed E-state index contributed by atoms with van der Waals surface area (Å²) in [5.41, 5.74) is 2.72. The molecule has 3 rings (SSSR count). The molecule has 0 bridgehead atoms. The lowest BCUT2D eigenvalue weighted by atomic mass is 9.76. The molecule has 2 unspecified atom stereocenters. The fourth-order valence-corrected chi connectivity index (χ4v) is 3.71. The zero-order valence-electron chi connectivity index (χ0n) is 13.6. The number of rotatable bonds is 5. The first-order valence-corrected chi connectivity index (χ1v) is 8.39. The van der Waals surface area contributed by atoms with Crippen LogP contribution in [0.1, 0.15) is 22.6 Å². The maximum atomic E-state index is 12.4. The molecule has 0 aromatic heterocycles. The molecule has 2 atom stereocenters. The minimum Gasteiger partial charge on any atom is -0.480 e. The summed E-state index contributed by atoms with van der Waals surface area (Å²) in [6.07, 6.45) is 0. The Labute approximate surface area is 160 Å². The molecule has 4 heteroatoms. The Morgan fingerprint density at radius 2 is 1.12 bits per heavy atom. The summed E-state index contributed by atoms with van der Waals surface area (Å²) in [7, 11) is 2.61. The lowest BCUT2D eigenvalue weighted by Gasteiger charge is -2.35. The van der Waals surface area contributed by atoms with Crippen LogP contribution in [0.4, 0.5) is 0 Å². The molecular formula is C21H20BrO2P. The van der Waals surface area contributed by atoms with Crippen LogP contribution in [0, 0.1) is 0 Å². The lowest BCUT2D eigenvalue weighted by Crippen LogP contribution is -2.36. The minimum atomic E-state index is -1.15. The quantitative estimate of drug-likeness (QED) is 0.578. The number of hydrogen-bond acceptors (Lipinski definition) is 1. The average molecular weight is 415 g/mol. The Balaban J connectivity index is 0.00000225. The molecule has 0 aliphatic carbocycles. The molecule has 0 aliphatic heterocycles. The third kappa shape index (κ3) is 3.84. The van der Waals surface area contributed by atoms with E-state index in [1.54, 1.807) is 0 Å². The van der Waals surface area contributed by atoms with Crippen molar-refractivity contribution >= 4 is 32.2 Å². The Hall–Kier alpha value is -1.96.